The topological polar surface area (TPSA) is 87.0 Å². The van der Waals surface area contributed by atoms with Crippen molar-refractivity contribution in [3.05, 3.63) is 11.6 Å². The minimum atomic E-state index is -4.49. The number of hydrogen-bond acceptors (Lipinski definition) is 4. The van der Waals surface area contributed by atoms with E-state index in [-0.39, 0.29) is 57.6 Å². The number of carbonyl (C=O) groups is 3. The van der Waals surface area contributed by atoms with E-state index in [1.165, 1.54) is 0 Å². The second kappa shape index (κ2) is 8.91. The van der Waals surface area contributed by atoms with E-state index in [2.05, 4.69) is 39.1 Å². The number of allylic oxidation sites excluding steroid dienone is 2. The van der Waals surface area contributed by atoms with Crippen molar-refractivity contribution in [3.63, 3.8) is 0 Å². The molecular formula is C32H43F3N2O3. The smallest absolute Gasteiger partial charge is 0.346 e. The van der Waals surface area contributed by atoms with Gasteiger partial charge in [0, 0.05) is 17.8 Å². The average Bonchev–Trinajstić information content (AvgIpc) is 2.85. The summed E-state index contributed by atoms with van der Waals surface area (Å²) in [4.78, 5) is 41.1. The first kappa shape index (κ1) is 29.3. The summed E-state index contributed by atoms with van der Waals surface area (Å²) in [6.45, 7) is 11.2. The van der Waals surface area contributed by atoms with E-state index in [0.717, 1.165) is 19.3 Å². The number of rotatable bonds is 2. The molecule has 1 amide bonds. The molecule has 0 aliphatic heterocycles. The Labute approximate surface area is 235 Å². The van der Waals surface area contributed by atoms with Gasteiger partial charge in [-0.25, -0.2) is 0 Å². The third-order valence-corrected chi connectivity index (χ3v) is 12.6. The van der Waals surface area contributed by atoms with Gasteiger partial charge in [-0.1, -0.05) is 47.6 Å². The monoisotopic (exact) mass is 560 g/mol. The zero-order valence-electron chi connectivity index (χ0n) is 24.6. The highest BCUT2D eigenvalue weighted by atomic mass is 19.4. The highest BCUT2D eigenvalue weighted by Crippen LogP contribution is 2.71. The molecule has 0 spiro atoms. The van der Waals surface area contributed by atoms with Crippen molar-refractivity contribution in [2.24, 2.45) is 56.7 Å². The maximum Gasteiger partial charge on any atom is 0.405 e. The van der Waals surface area contributed by atoms with Crippen molar-refractivity contribution < 1.29 is 27.6 Å². The lowest BCUT2D eigenvalue weighted by Crippen LogP contribution is -2.66. The highest BCUT2D eigenvalue weighted by molar-refractivity contribution is 6.04. The van der Waals surface area contributed by atoms with Crippen LogP contribution in [0.4, 0.5) is 13.2 Å². The average molecular weight is 561 g/mol. The minimum Gasteiger partial charge on any atom is -0.346 e. The summed E-state index contributed by atoms with van der Waals surface area (Å²) in [5, 5.41) is 12.0. The SMILES string of the molecule is CC1(C)CCC2(C(=O)NCC(F)(F)F)CCC3C(C(=O)CC4C5(C)C=C(C#N)C(=O)C(C)(C)C5CCC34C)C2C1. The van der Waals surface area contributed by atoms with Crippen LogP contribution in [0, 0.1) is 68.0 Å². The number of hydrogen-bond donors (Lipinski definition) is 1. The molecule has 8 atom stereocenters. The molecule has 0 radical (unpaired) electrons. The molecule has 0 bridgehead atoms. The Balaban J connectivity index is 1.55. The first-order valence-electron chi connectivity index (χ1n) is 14.9. The van der Waals surface area contributed by atoms with Crippen molar-refractivity contribution in [1.82, 2.24) is 5.32 Å². The van der Waals surface area contributed by atoms with E-state index in [9.17, 15) is 32.8 Å². The number of nitrogens with one attached hydrogen (secondary N) is 1. The fraction of sp³-hybridized carbons (Fsp3) is 0.812. The van der Waals surface area contributed by atoms with Gasteiger partial charge in [-0.15, -0.1) is 0 Å². The molecule has 0 aromatic rings. The van der Waals surface area contributed by atoms with Crippen LogP contribution in [0.25, 0.3) is 0 Å². The van der Waals surface area contributed by atoms with Gasteiger partial charge in [-0.05, 0) is 84.9 Å². The van der Waals surface area contributed by atoms with Gasteiger partial charge in [0.1, 0.15) is 18.4 Å². The van der Waals surface area contributed by atoms with E-state index < -0.39 is 34.9 Å². The summed E-state index contributed by atoms with van der Waals surface area (Å²) in [5.41, 5.74) is -2.34. The molecule has 0 aromatic carbocycles. The van der Waals surface area contributed by atoms with Crippen LogP contribution in [0.15, 0.2) is 11.6 Å². The van der Waals surface area contributed by atoms with Crippen LogP contribution < -0.4 is 5.32 Å². The number of ketones is 2. The third kappa shape index (κ3) is 4.11. The van der Waals surface area contributed by atoms with E-state index in [0.29, 0.717) is 32.1 Å². The molecule has 0 heterocycles. The van der Waals surface area contributed by atoms with E-state index >= 15 is 0 Å². The number of amides is 1. The van der Waals surface area contributed by atoms with Gasteiger partial charge in [-0.3, -0.25) is 14.4 Å². The maximum atomic E-state index is 14.3. The van der Waals surface area contributed by atoms with Gasteiger partial charge >= 0.3 is 6.18 Å². The first-order chi connectivity index (χ1) is 18.3. The van der Waals surface area contributed by atoms with Crippen LogP contribution >= 0.6 is 0 Å². The highest BCUT2D eigenvalue weighted by Gasteiger charge is 2.69. The van der Waals surface area contributed by atoms with Crippen LogP contribution in [0.2, 0.25) is 0 Å². The van der Waals surface area contributed by atoms with Crippen LogP contribution in [-0.4, -0.2) is 30.2 Å². The summed E-state index contributed by atoms with van der Waals surface area (Å²) >= 11 is 0. The summed E-state index contributed by atoms with van der Waals surface area (Å²) in [6.07, 6.45) is 2.31. The lowest BCUT2D eigenvalue weighted by Gasteiger charge is -2.67. The molecule has 1 N–H and O–H groups in total. The lowest BCUT2D eigenvalue weighted by molar-refractivity contribution is -0.193. The summed E-state index contributed by atoms with van der Waals surface area (Å²) < 4.78 is 39.3. The normalized spacial score (nSPS) is 43.7. The summed E-state index contributed by atoms with van der Waals surface area (Å²) in [6, 6.07) is 2.13. The zero-order valence-corrected chi connectivity index (χ0v) is 24.6. The fourth-order valence-electron chi connectivity index (χ4n) is 10.7. The van der Waals surface area contributed by atoms with Gasteiger partial charge in [0.2, 0.25) is 5.91 Å². The Bertz CT molecular complexity index is 1210. The molecule has 4 saturated carbocycles. The lowest BCUT2D eigenvalue weighted by atomic mass is 9.35. The molecule has 5 rings (SSSR count). The van der Waals surface area contributed by atoms with Gasteiger partial charge in [0.15, 0.2) is 5.78 Å². The quantitative estimate of drug-likeness (QED) is 0.414. The van der Waals surface area contributed by atoms with Crippen LogP contribution in [0.1, 0.15) is 92.9 Å². The molecule has 4 fully saturated rings. The van der Waals surface area contributed by atoms with E-state index in [1.54, 1.807) is 0 Å². The second-order valence-corrected chi connectivity index (χ2v) is 15.5. The van der Waals surface area contributed by atoms with Gasteiger partial charge in [-0.2, -0.15) is 18.4 Å². The Kier molecular flexibility index (Phi) is 6.54. The van der Waals surface area contributed by atoms with Gasteiger partial charge < -0.3 is 5.32 Å². The Morgan fingerprint density at radius 2 is 1.68 bits per heavy atom. The molecule has 0 aromatic heterocycles. The zero-order chi connectivity index (χ0) is 29.7. The van der Waals surface area contributed by atoms with Crippen molar-refractivity contribution >= 4 is 17.5 Å². The Hall–Kier alpha value is -2.17. The van der Waals surface area contributed by atoms with Crippen LogP contribution in [0.3, 0.4) is 0 Å². The number of nitriles is 1. The van der Waals surface area contributed by atoms with E-state index in [4.69, 9.17) is 0 Å². The molecule has 5 aliphatic carbocycles. The fourth-order valence-corrected chi connectivity index (χ4v) is 10.7. The molecule has 40 heavy (non-hydrogen) atoms. The molecular weight excluding hydrogens is 517 g/mol. The van der Waals surface area contributed by atoms with Crippen LogP contribution in [-0.2, 0) is 14.4 Å². The third-order valence-electron chi connectivity index (χ3n) is 12.6. The summed E-state index contributed by atoms with van der Waals surface area (Å²) in [5.74, 6) is -1.27. The molecule has 0 saturated heterocycles. The van der Waals surface area contributed by atoms with E-state index in [1.807, 2.05) is 19.9 Å². The van der Waals surface area contributed by atoms with Crippen LogP contribution in [0.5, 0.6) is 0 Å². The molecule has 8 unspecified atom stereocenters. The van der Waals surface area contributed by atoms with Crippen molar-refractivity contribution in [2.45, 2.75) is 99.1 Å². The number of Topliss-reactive ketones (excluding diaryl/α,β-unsaturated/α-hetero) is 2. The van der Waals surface area contributed by atoms with Crippen molar-refractivity contribution in [2.75, 3.05) is 6.54 Å². The number of carbonyl (C=O) groups excluding carboxylic acids is 3. The predicted octanol–water partition coefficient (Wildman–Crippen LogP) is 6.57. The Morgan fingerprint density at radius 1 is 1.00 bits per heavy atom. The standard InChI is InChI=1S/C32H43F3N2O3/c1-27(2)11-12-31(26(40)37-17-32(33,34)35)10-7-19-24(20(31)15-27)21(38)13-23-29(19,5)9-8-22-28(3,4)25(39)18(16-36)14-30(22,23)6/h14,19-20,22-24H,7-13,15,17H2,1-6H3,(H,37,40). The maximum absolute atomic E-state index is 14.3. The van der Waals surface area contributed by atoms with Gasteiger partial charge in [0.25, 0.3) is 0 Å². The number of alkyl halides is 3. The number of fused-ring (bicyclic) bond motifs is 7. The van der Waals surface area contributed by atoms with Crippen molar-refractivity contribution in [3.8, 4) is 6.07 Å². The van der Waals surface area contributed by atoms with Crippen molar-refractivity contribution in [1.29, 1.82) is 5.26 Å². The minimum absolute atomic E-state index is 0.0106. The number of nitrogens with zero attached hydrogens (tertiary/aromatic N) is 1. The Morgan fingerprint density at radius 3 is 2.30 bits per heavy atom. The largest absolute Gasteiger partial charge is 0.405 e. The molecule has 8 heteroatoms. The predicted molar refractivity (Wildman–Crippen MR) is 143 cm³/mol. The molecule has 220 valence electrons. The first-order valence-corrected chi connectivity index (χ1v) is 14.9. The summed E-state index contributed by atoms with van der Waals surface area (Å²) in [7, 11) is 0. The molecule has 5 aliphatic rings. The molecule has 5 nitrogen and oxygen atoms in total. The second-order valence-electron chi connectivity index (χ2n) is 15.5. The van der Waals surface area contributed by atoms with Gasteiger partial charge in [0.05, 0.1) is 11.0 Å². The number of halogens is 3.